The standard InChI is InChI=1S/C22H22N6O2/c1-15-4-6-16(7-5-15)27-10-2-3-17(13-27)28-14-18(11-24-28)30-22-25-20-12-23-9-8-19(20)21(29)26-22/h4-9,11-12,14,17H,2-3,10,13H2,1H3,(H,25,26,29)/t17-/m0/s1. The minimum absolute atomic E-state index is 0.130. The summed E-state index contributed by atoms with van der Waals surface area (Å²) in [5.41, 5.74) is 2.73. The van der Waals surface area contributed by atoms with Gasteiger partial charge in [0.05, 0.1) is 35.5 Å². The van der Waals surface area contributed by atoms with E-state index >= 15 is 0 Å². The van der Waals surface area contributed by atoms with Gasteiger partial charge >= 0.3 is 6.01 Å². The van der Waals surface area contributed by atoms with Crippen molar-refractivity contribution < 1.29 is 4.74 Å². The lowest BCUT2D eigenvalue weighted by Crippen LogP contribution is -2.36. The molecule has 0 spiro atoms. The quantitative estimate of drug-likeness (QED) is 0.562. The number of nitrogens with zero attached hydrogens (tertiary/aromatic N) is 5. The van der Waals surface area contributed by atoms with E-state index in [1.165, 1.54) is 11.3 Å². The van der Waals surface area contributed by atoms with Gasteiger partial charge in [0, 0.05) is 25.0 Å². The van der Waals surface area contributed by atoms with Crippen LogP contribution in [0.3, 0.4) is 0 Å². The molecule has 0 aliphatic carbocycles. The topological polar surface area (TPSA) is 88.9 Å². The zero-order chi connectivity index (χ0) is 20.5. The molecular formula is C22H22N6O2. The van der Waals surface area contributed by atoms with E-state index in [0.29, 0.717) is 16.7 Å². The summed E-state index contributed by atoms with van der Waals surface area (Å²) in [4.78, 5) is 25.6. The average molecular weight is 402 g/mol. The molecule has 8 nitrogen and oxygen atoms in total. The fourth-order valence-electron chi connectivity index (χ4n) is 3.86. The van der Waals surface area contributed by atoms with Crippen molar-refractivity contribution in [1.82, 2.24) is 24.7 Å². The summed E-state index contributed by atoms with van der Waals surface area (Å²) in [6.45, 7) is 4.03. The van der Waals surface area contributed by atoms with Crippen molar-refractivity contribution in [2.24, 2.45) is 0 Å². The second kappa shape index (κ2) is 7.62. The van der Waals surface area contributed by atoms with Crippen LogP contribution in [0.5, 0.6) is 11.8 Å². The smallest absolute Gasteiger partial charge is 0.302 e. The zero-order valence-electron chi connectivity index (χ0n) is 16.7. The summed E-state index contributed by atoms with van der Waals surface area (Å²) in [6.07, 6.45) is 8.77. The van der Waals surface area contributed by atoms with Gasteiger partial charge in [0.25, 0.3) is 5.56 Å². The van der Waals surface area contributed by atoms with Crippen LogP contribution in [0.1, 0.15) is 24.4 Å². The van der Waals surface area contributed by atoms with Gasteiger partial charge in [-0.3, -0.25) is 19.4 Å². The van der Waals surface area contributed by atoms with Gasteiger partial charge < -0.3 is 9.64 Å². The molecule has 0 saturated carbocycles. The lowest BCUT2D eigenvalue weighted by Gasteiger charge is -2.34. The predicted molar refractivity (Wildman–Crippen MR) is 114 cm³/mol. The zero-order valence-corrected chi connectivity index (χ0v) is 16.7. The minimum Gasteiger partial charge on any atom is -0.422 e. The molecule has 1 aromatic carbocycles. The third-order valence-corrected chi connectivity index (χ3v) is 5.45. The van der Waals surface area contributed by atoms with Gasteiger partial charge in [-0.2, -0.15) is 10.1 Å². The highest BCUT2D eigenvalue weighted by Gasteiger charge is 2.22. The molecule has 0 unspecified atom stereocenters. The number of hydrogen-bond donors (Lipinski definition) is 1. The number of benzene rings is 1. The van der Waals surface area contributed by atoms with E-state index in [0.717, 1.165) is 25.9 Å². The fraction of sp³-hybridized carbons (Fsp3) is 0.273. The Kier molecular flexibility index (Phi) is 4.66. The number of hydrogen-bond acceptors (Lipinski definition) is 6. The highest BCUT2D eigenvalue weighted by atomic mass is 16.5. The van der Waals surface area contributed by atoms with E-state index in [1.807, 2.05) is 10.9 Å². The summed E-state index contributed by atoms with van der Waals surface area (Å²) in [5.74, 6) is 0.536. The van der Waals surface area contributed by atoms with Gasteiger partial charge in [0.2, 0.25) is 0 Å². The molecule has 3 aromatic heterocycles. The minimum atomic E-state index is -0.259. The highest BCUT2D eigenvalue weighted by Crippen LogP contribution is 2.28. The van der Waals surface area contributed by atoms with E-state index < -0.39 is 0 Å². The number of aromatic nitrogens is 5. The second-order valence-corrected chi connectivity index (χ2v) is 7.60. The first kappa shape index (κ1) is 18.4. The van der Waals surface area contributed by atoms with Gasteiger partial charge in [-0.15, -0.1) is 0 Å². The molecule has 0 bridgehead atoms. The first-order chi connectivity index (χ1) is 14.7. The number of rotatable bonds is 4. The maximum absolute atomic E-state index is 12.2. The number of ether oxygens (including phenoxy) is 1. The molecule has 152 valence electrons. The number of fused-ring (bicyclic) bond motifs is 1. The number of aromatic amines is 1. The van der Waals surface area contributed by atoms with E-state index in [4.69, 9.17) is 4.74 Å². The summed E-state index contributed by atoms with van der Waals surface area (Å²) < 4.78 is 7.71. The predicted octanol–water partition coefficient (Wildman–Crippen LogP) is 3.46. The van der Waals surface area contributed by atoms with Crippen LogP contribution in [0.4, 0.5) is 5.69 Å². The third-order valence-electron chi connectivity index (χ3n) is 5.45. The maximum atomic E-state index is 12.2. The van der Waals surface area contributed by atoms with Crippen LogP contribution in [0.2, 0.25) is 0 Å². The molecule has 1 aliphatic heterocycles. The van der Waals surface area contributed by atoms with E-state index in [1.54, 1.807) is 24.7 Å². The Morgan fingerprint density at radius 2 is 2.03 bits per heavy atom. The van der Waals surface area contributed by atoms with E-state index in [9.17, 15) is 4.79 Å². The van der Waals surface area contributed by atoms with Crippen LogP contribution in [-0.4, -0.2) is 37.8 Å². The van der Waals surface area contributed by atoms with E-state index in [-0.39, 0.29) is 17.6 Å². The van der Waals surface area contributed by atoms with Crippen molar-refractivity contribution in [3.63, 3.8) is 0 Å². The van der Waals surface area contributed by atoms with Crippen LogP contribution < -0.4 is 15.2 Å². The molecule has 1 aliphatic rings. The molecular weight excluding hydrogens is 380 g/mol. The number of aryl methyl sites for hydroxylation is 1. The Balaban J connectivity index is 1.33. The van der Waals surface area contributed by atoms with Gasteiger partial charge in [0.15, 0.2) is 5.75 Å². The Hall–Kier alpha value is -3.68. The Labute approximate surface area is 173 Å². The lowest BCUT2D eigenvalue weighted by atomic mass is 10.0. The molecule has 0 amide bonds. The number of piperidine rings is 1. The lowest BCUT2D eigenvalue weighted by molar-refractivity contribution is 0.373. The van der Waals surface area contributed by atoms with Gasteiger partial charge in [0.1, 0.15) is 0 Å². The Morgan fingerprint density at radius 1 is 1.17 bits per heavy atom. The molecule has 4 heterocycles. The largest absolute Gasteiger partial charge is 0.422 e. The maximum Gasteiger partial charge on any atom is 0.302 e. The number of anilines is 1. The molecule has 4 aromatic rings. The van der Waals surface area contributed by atoms with Crippen LogP contribution in [0.25, 0.3) is 10.9 Å². The monoisotopic (exact) mass is 402 g/mol. The fourth-order valence-corrected chi connectivity index (χ4v) is 3.86. The molecule has 1 N–H and O–H groups in total. The molecule has 5 rings (SSSR count). The van der Waals surface area contributed by atoms with Crippen molar-refractivity contribution in [2.75, 3.05) is 18.0 Å². The van der Waals surface area contributed by atoms with Crippen molar-refractivity contribution in [2.45, 2.75) is 25.8 Å². The highest BCUT2D eigenvalue weighted by molar-refractivity contribution is 5.76. The van der Waals surface area contributed by atoms with Crippen LogP contribution in [0, 0.1) is 6.92 Å². The number of nitrogens with one attached hydrogen (secondary N) is 1. The SMILES string of the molecule is Cc1ccc(N2CCC[C@H](n3cc(Oc4nc5cnccc5c(=O)[nH]4)cn3)C2)cc1. The van der Waals surface area contributed by atoms with Crippen molar-refractivity contribution >= 4 is 16.6 Å². The van der Waals surface area contributed by atoms with Crippen LogP contribution in [-0.2, 0) is 0 Å². The first-order valence-corrected chi connectivity index (χ1v) is 10.0. The molecule has 8 heteroatoms. The summed E-state index contributed by atoms with van der Waals surface area (Å²) in [5, 5.41) is 4.97. The molecule has 1 saturated heterocycles. The van der Waals surface area contributed by atoms with Crippen molar-refractivity contribution in [3.05, 3.63) is 71.0 Å². The Morgan fingerprint density at radius 3 is 2.90 bits per heavy atom. The van der Waals surface area contributed by atoms with Crippen molar-refractivity contribution in [3.8, 4) is 11.8 Å². The molecule has 0 radical (unpaired) electrons. The molecule has 1 atom stereocenters. The third kappa shape index (κ3) is 3.63. The van der Waals surface area contributed by atoms with Crippen LogP contribution in [0.15, 0.2) is 59.9 Å². The summed E-state index contributed by atoms with van der Waals surface area (Å²) in [7, 11) is 0. The second-order valence-electron chi connectivity index (χ2n) is 7.60. The summed E-state index contributed by atoms with van der Waals surface area (Å²) >= 11 is 0. The van der Waals surface area contributed by atoms with E-state index in [2.05, 4.69) is 56.1 Å². The van der Waals surface area contributed by atoms with Gasteiger partial charge in [-0.05, 0) is 38.0 Å². The molecule has 1 fully saturated rings. The van der Waals surface area contributed by atoms with Gasteiger partial charge in [-0.1, -0.05) is 17.7 Å². The average Bonchev–Trinajstić information content (AvgIpc) is 3.23. The van der Waals surface area contributed by atoms with Crippen LogP contribution >= 0.6 is 0 Å². The normalized spacial score (nSPS) is 16.7. The first-order valence-electron chi connectivity index (χ1n) is 10.0. The summed E-state index contributed by atoms with van der Waals surface area (Å²) in [6, 6.07) is 10.6. The molecule has 30 heavy (non-hydrogen) atoms. The van der Waals surface area contributed by atoms with Crippen molar-refractivity contribution in [1.29, 1.82) is 0 Å². The Bertz CT molecular complexity index is 1230. The van der Waals surface area contributed by atoms with Gasteiger partial charge in [-0.25, -0.2) is 0 Å². The number of pyridine rings is 1. The number of H-pyrrole nitrogens is 1.